The number of rotatable bonds is 4. The van der Waals surface area contributed by atoms with E-state index in [1.54, 1.807) is 30.3 Å². The van der Waals surface area contributed by atoms with Crippen LogP contribution in [-0.4, -0.2) is 30.6 Å². The number of hydrogen-bond acceptors (Lipinski definition) is 5. The highest BCUT2D eigenvalue weighted by molar-refractivity contribution is 6.31. The van der Waals surface area contributed by atoms with E-state index in [0.717, 1.165) is 16.5 Å². The summed E-state index contributed by atoms with van der Waals surface area (Å²) in [5.41, 5.74) is 1.30. The lowest BCUT2D eigenvalue weighted by Crippen LogP contribution is -2.58. The van der Waals surface area contributed by atoms with E-state index >= 15 is 9.59 Å². The molecule has 1 aliphatic heterocycles. The first kappa shape index (κ1) is 29.8. The average molecular weight is 658 g/mol. The van der Waals surface area contributed by atoms with Gasteiger partial charge in [-0.25, -0.2) is 23.5 Å². The van der Waals surface area contributed by atoms with Gasteiger partial charge in [-0.05, 0) is 58.3 Å². The fourth-order valence-electron chi connectivity index (χ4n) is 8.84. The van der Waals surface area contributed by atoms with Crippen molar-refractivity contribution in [2.75, 3.05) is 0 Å². The normalized spacial score (nSPS) is 22.7. The molecule has 1 aromatic heterocycles. The van der Waals surface area contributed by atoms with Crippen LogP contribution in [0.25, 0.3) is 22.0 Å². The topological polar surface area (TPSA) is 103 Å². The minimum atomic E-state index is -1.38. The summed E-state index contributed by atoms with van der Waals surface area (Å²) in [7, 11) is 0. The highest BCUT2D eigenvalue weighted by Gasteiger charge is 2.63. The summed E-state index contributed by atoms with van der Waals surface area (Å²) < 4.78 is 4.10. The van der Waals surface area contributed by atoms with E-state index in [9.17, 15) is 14.7 Å². The standard InChI is InChI=1S/C42H31N3O5/c46-36-21-20-31(29-18-10-11-19-30(29)36)38-32-22-23-43-40(49)44(28-16-8-3-9-17-28)41(50)45(43)35(32)25-34-39(48)33(26-12-4-1-5-13-26)24-37(47)42(34,38)27-14-6-2-7-15-27/h1-22,24,34-35,38,46H,23,25H2. The molecule has 1 N–H and O–H groups in total. The number of phenolic OH excluding ortho intramolecular Hbond substituents is 1. The lowest BCUT2D eigenvalue weighted by molar-refractivity contribution is -0.133. The van der Waals surface area contributed by atoms with Crippen molar-refractivity contribution in [2.24, 2.45) is 5.92 Å². The second-order valence-electron chi connectivity index (χ2n) is 13.2. The summed E-state index contributed by atoms with van der Waals surface area (Å²) in [6.07, 6.45) is 3.59. The van der Waals surface area contributed by atoms with Crippen LogP contribution in [0.4, 0.5) is 0 Å². The number of carbonyl (C=O) groups excluding carboxylic acids is 2. The number of benzene rings is 5. The van der Waals surface area contributed by atoms with Gasteiger partial charge in [0.05, 0.1) is 23.7 Å². The Hall–Kier alpha value is -6.28. The largest absolute Gasteiger partial charge is 0.507 e. The summed E-state index contributed by atoms with van der Waals surface area (Å²) in [6, 6.07) is 37.7. The van der Waals surface area contributed by atoms with Gasteiger partial charge in [0, 0.05) is 22.8 Å². The summed E-state index contributed by atoms with van der Waals surface area (Å²) in [5.74, 6) is -1.92. The molecule has 4 unspecified atom stereocenters. The third-order valence-electron chi connectivity index (χ3n) is 10.9. The SMILES string of the molecule is O=C1C(c2ccccc2)=CC(=O)C2(c3ccccc3)C1CC1C(=CCn3c(=O)n(-c4ccccc4)c(=O)n31)C2c1ccc(O)c2ccccc12. The van der Waals surface area contributed by atoms with E-state index in [2.05, 4.69) is 0 Å². The van der Waals surface area contributed by atoms with Gasteiger partial charge in [-0.3, -0.25) is 9.59 Å². The average Bonchev–Trinajstić information content (AvgIpc) is 3.42. The fraction of sp³-hybridized carbons (Fsp3) is 0.143. The van der Waals surface area contributed by atoms with E-state index in [0.29, 0.717) is 27.8 Å². The van der Waals surface area contributed by atoms with Gasteiger partial charge >= 0.3 is 11.4 Å². The maximum atomic E-state index is 15.3. The van der Waals surface area contributed by atoms with Crippen molar-refractivity contribution in [3.8, 4) is 11.4 Å². The molecule has 2 heterocycles. The van der Waals surface area contributed by atoms with E-state index in [-0.39, 0.29) is 30.3 Å². The highest BCUT2D eigenvalue weighted by atomic mass is 16.3. The Morgan fingerprint density at radius 2 is 1.32 bits per heavy atom. The van der Waals surface area contributed by atoms with Crippen molar-refractivity contribution in [1.29, 1.82) is 0 Å². The Labute approximate surface area is 286 Å². The first-order valence-corrected chi connectivity index (χ1v) is 16.7. The molecular formula is C42H31N3O5. The van der Waals surface area contributed by atoms with Crippen molar-refractivity contribution < 1.29 is 14.7 Å². The molecule has 0 radical (unpaired) electrons. The minimum absolute atomic E-state index is 0.0990. The van der Waals surface area contributed by atoms with Crippen molar-refractivity contribution in [2.45, 2.75) is 30.3 Å². The van der Waals surface area contributed by atoms with Crippen molar-refractivity contribution in [3.63, 3.8) is 0 Å². The lowest BCUT2D eigenvalue weighted by Gasteiger charge is -2.54. The van der Waals surface area contributed by atoms with Crippen LogP contribution >= 0.6 is 0 Å². The monoisotopic (exact) mass is 657 g/mol. The van der Waals surface area contributed by atoms with Gasteiger partial charge in [-0.1, -0.05) is 115 Å². The zero-order valence-electron chi connectivity index (χ0n) is 26.8. The number of fused-ring (bicyclic) bond motifs is 5. The van der Waals surface area contributed by atoms with Crippen LogP contribution in [0.3, 0.4) is 0 Å². The lowest BCUT2D eigenvalue weighted by atomic mass is 9.47. The molecule has 0 amide bonds. The summed E-state index contributed by atoms with van der Waals surface area (Å²) in [4.78, 5) is 58.7. The maximum absolute atomic E-state index is 15.3. The van der Waals surface area contributed by atoms with Gasteiger partial charge in [0.2, 0.25) is 0 Å². The Morgan fingerprint density at radius 1 is 0.680 bits per heavy atom. The van der Waals surface area contributed by atoms with E-state index < -0.39 is 34.7 Å². The Kier molecular flexibility index (Phi) is 6.64. The second kappa shape index (κ2) is 11.1. The minimum Gasteiger partial charge on any atom is -0.507 e. The molecule has 3 aliphatic rings. The first-order valence-electron chi connectivity index (χ1n) is 16.7. The number of allylic oxidation sites excluding steroid dienone is 4. The van der Waals surface area contributed by atoms with Crippen LogP contribution in [0.5, 0.6) is 5.75 Å². The number of aromatic hydroxyl groups is 1. The molecule has 1 saturated carbocycles. The van der Waals surface area contributed by atoms with Crippen molar-refractivity contribution >= 4 is 27.9 Å². The number of phenols is 1. The number of nitrogens with zero attached hydrogens (tertiary/aromatic N) is 3. The molecule has 0 spiro atoms. The predicted molar refractivity (Wildman–Crippen MR) is 190 cm³/mol. The molecule has 244 valence electrons. The van der Waals surface area contributed by atoms with Crippen LogP contribution in [0, 0.1) is 5.92 Å². The molecule has 1 fully saturated rings. The predicted octanol–water partition coefficient (Wildman–Crippen LogP) is 6.12. The second-order valence-corrected chi connectivity index (χ2v) is 13.2. The molecule has 0 bridgehead atoms. The zero-order valence-corrected chi connectivity index (χ0v) is 26.8. The molecule has 5 aromatic carbocycles. The number of Topliss-reactive ketones (excluding diaryl/α,β-unsaturated/α-hetero) is 1. The smallest absolute Gasteiger partial charge is 0.352 e. The molecule has 6 aromatic rings. The van der Waals surface area contributed by atoms with Crippen LogP contribution in [0.1, 0.15) is 35.1 Å². The molecule has 0 saturated heterocycles. The van der Waals surface area contributed by atoms with Gasteiger partial charge in [0.1, 0.15) is 5.75 Å². The Morgan fingerprint density at radius 3 is 2.04 bits per heavy atom. The van der Waals surface area contributed by atoms with Gasteiger partial charge in [-0.2, -0.15) is 0 Å². The molecule has 4 atom stereocenters. The number of carbonyl (C=O) groups is 2. The maximum Gasteiger partial charge on any atom is 0.352 e. The number of para-hydroxylation sites is 1. The van der Waals surface area contributed by atoms with Crippen molar-refractivity contribution in [1.82, 2.24) is 13.9 Å². The fourth-order valence-corrected chi connectivity index (χ4v) is 8.84. The summed E-state index contributed by atoms with van der Waals surface area (Å²) in [5, 5.41) is 12.3. The van der Waals surface area contributed by atoms with Gasteiger partial charge in [0.25, 0.3) is 0 Å². The highest BCUT2D eigenvalue weighted by Crippen LogP contribution is 2.62. The molecule has 8 heteroatoms. The third-order valence-corrected chi connectivity index (χ3v) is 10.9. The Balaban J connectivity index is 1.37. The van der Waals surface area contributed by atoms with E-state index in [1.165, 1.54) is 20.0 Å². The summed E-state index contributed by atoms with van der Waals surface area (Å²) >= 11 is 0. The molecule has 2 aliphatic carbocycles. The van der Waals surface area contributed by atoms with E-state index in [1.807, 2.05) is 103 Å². The summed E-state index contributed by atoms with van der Waals surface area (Å²) in [6.45, 7) is 0.106. The molecule has 50 heavy (non-hydrogen) atoms. The van der Waals surface area contributed by atoms with Gasteiger partial charge in [0.15, 0.2) is 11.6 Å². The third kappa shape index (κ3) is 4.05. The molecule has 8 nitrogen and oxygen atoms in total. The van der Waals surface area contributed by atoms with Gasteiger partial charge < -0.3 is 5.11 Å². The first-order chi connectivity index (χ1) is 24.4. The number of ketones is 2. The van der Waals surface area contributed by atoms with Crippen LogP contribution in [0.2, 0.25) is 0 Å². The zero-order chi connectivity index (χ0) is 34.1. The molecular weight excluding hydrogens is 626 g/mol. The van der Waals surface area contributed by atoms with Crippen LogP contribution in [0.15, 0.2) is 155 Å². The van der Waals surface area contributed by atoms with E-state index in [4.69, 9.17) is 0 Å². The van der Waals surface area contributed by atoms with Crippen molar-refractivity contribution in [3.05, 3.63) is 183 Å². The van der Waals surface area contributed by atoms with Crippen LogP contribution < -0.4 is 11.4 Å². The number of aromatic nitrogens is 3. The molecule has 9 rings (SSSR count). The quantitative estimate of drug-likeness (QED) is 0.230. The van der Waals surface area contributed by atoms with Crippen LogP contribution in [-0.2, 0) is 21.5 Å². The number of hydrogen-bond donors (Lipinski definition) is 1. The Bertz CT molecular complexity index is 2540. The van der Waals surface area contributed by atoms with Gasteiger partial charge in [-0.15, -0.1) is 0 Å².